The van der Waals surface area contributed by atoms with Crippen LogP contribution in [-0.4, -0.2) is 43.7 Å². The van der Waals surface area contributed by atoms with E-state index in [1.54, 1.807) is 31.2 Å². The molecule has 1 fully saturated rings. The van der Waals surface area contributed by atoms with Crippen molar-refractivity contribution in [1.82, 2.24) is 5.32 Å². The molecule has 2 aromatic rings. The Kier molecular flexibility index (Phi) is 7.51. The van der Waals surface area contributed by atoms with E-state index in [4.69, 9.17) is 9.47 Å². The van der Waals surface area contributed by atoms with Gasteiger partial charge in [0.15, 0.2) is 0 Å². The molecule has 0 bridgehead atoms. The molecule has 1 aliphatic rings. The highest BCUT2D eigenvalue weighted by Crippen LogP contribution is 2.13. The third-order valence-electron chi connectivity index (χ3n) is 4.45. The summed E-state index contributed by atoms with van der Waals surface area (Å²) in [7, 11) is 0. The molecule has 1 unspecified atom stereocenters. The number of guanidine groups is 1. The van der Waals surface area contributed by atoms with Crippen molar-refractivity contribution in [3.8, 4) is 0 Å². The Balaban J connectivity index is 1.72. The molecular formula is C22H24FN3O4. The fraction of sp³-hybridized carbons (Fsp3) is 0.318. The first-order valence-corrected chi connectivity index (χ1v) is 9.82. The number of amides is 1. The number of halogens is 1. The molecule has 2 N–H and O–H groups in total. The minimum absolute atomic E-state index is 0.000869. The van der Waals surface area contributed by atoms with Gasteiger partial charge in [0, 0.05) is 17.9 Å². The maximum atomic E-state index is 13.4. The second kappa shape index (κ2) is 10.5. The highest BCUT2D eigenvalue weighted by Gasteiger charge is 2.16. The summed E-state index contributed by atoms with van der Waals surface area (Å²) in [6.45, 7) is 3.12. The molecule has 1 heterocycles. The molecule has 158 valence electrons. The van der Waals surface area contributed by atoms with Crippen LogP contribution in [0.2, 0.25) is 0 Å². The molecular weight excluding hydrogens is 389 g/mol. The number of carbonyl (C=O) groups is 2. The summed E-state index contributed by atoms with van der Waals surface area (Å²) in [6, 6.07) is 12.0. The first-order chi connectivity index (χ1) is 14.5. The largest absolute Gasteiger partial charge is 0.462 e. The van der Waals surface area contributed by atoms with Gasteiger partial charge >= 0.3 is 5.97 Å². The van der Waals surface area contributed by atoms with Crippen molar-refractivity contribution in [2.24, 2.45) is 4.99 Å². The lowest BCUT2D eigenvalue weighted by Crippen LogP contribution is -2.36. The molecule has 8 heteroatoms. The fourth-order valence-electron chi connectivity index (χ4n) is 2.94. The van der Waals surface area contributed by atoms with E-state index in [2.05, 4.69) is 15.6 Å². The van der Waals surface area contributed by atoms with Crippen LogP contribution in [0, 0.1) is 5.82 Å². The summed E-state index contributed by atoms with van der Waals surface area (Å²) >= 11 is 0. The molecule has 1 atom stereocenters. The highest BCUT2D eigenvalue weighted by atomic mass is 19.1. The Bertz CT molecular complexity index is 909. The Morgan fingerprint density at radius 2 is 2.00 bits per heavy atom. The SMILES string of the molecule is CCOC(=O)c1ccc(NC(=NCC2CCCO2)NC(=O)c2cccc(F)c2)cc1. The first-order valence-electron chi connectivity index (χ1n) is 9.82. The average molecular weight is 413 g/mol. The maximum absolute atomic E-state index is 13.4. The van der Waals surface area contributed by atoms with E-state index < -0.39 is 17.7 Å². The van der Waals surface area contributed by atoms with Gasteiger partial charge < -0.3 is 14.8 Å². The lowest BCUT2D eigenvalue weighted by molar-refractivity contribution is 0.0526. The molecule has 1 saturated heterocycles. The number of carbonyl (C=O) groups excluding carboxylic acids is 2. The molecule has 2 aromatic carbocycles. The molecule has 0 saturated carbocycles. The van der Waals surface area contributed by atoms with E-state index in [0.717, 1.165) is 18.9 Å². The monoisotopic (exact) mass is 413 g/mol. The minimum atomic E-state index is -0.497. The number of benzene rings is 2. The summed E-state index contributed by atoms with van der Waals surface area (Å²) in [5.74, 6) is -1.18. The van der Waals surface area contributed by atoms with Crippen LogP contribution in [0.5, 0.6) is 0 Å². The second-order valence-corrected chi connectivity index (χ2v) is 6.71. The average Bonchev–Trinajstić information content (AvgIpc) is 3.26. The van der Waals surface area contributed by atoms with Crippen molar-refractivity contribution >= 4 is 23.5 Å². The lowest BCUT2D eigenvalue weighted by atomic mass is 10.2. The third-order valence-corrected chi connectivity index (χ3v) is 4.45. The van der Waals surface area contributed by atoms with Gasteiger partial charge in [-0.3, -0.25) is 10.1 Å². The van der Waals surface area contributed by atoms with Crippen molar-refractivity contribution in [2.75, 3.05) is 25.1 Å². The van der Waals surface area contributed by atoms with Gasteiger partial charge in [0.25, 0.3) is 5.91 Å². The van der Waals surface area contributed by atoms with Crippen LogP contribution in [0.15, 0.2) is 53.5 Å². The molecule has 0 spiro atoms. The summed E-state index contributed by atoms with van der Waals surface area (Å²) < 4.78 is 24.0. The minimum Gasteiger partial charge on any atom is -0.462 e. The Labute approximate surface area is 174 Å². The Morgan fingerprint density at radius 3 is 2.67 bits per heavy atom. The summed E-state index contributed by atoms with van der Waals surface area (Å²) in [5.41, 5.74) is 1.22. The maximum Gasteiger partial charge on any atom is 0.338 e. The van der Waals surface area contributed by atoms with Gasteiger partial charge in [-0.1, -0.05) is 6.07 Å². The van der Waals surface area contributed by atoms with Crippen molar-refractivity contribution in [1.29, 1.82) is 0 Å². The van der Waals surface area contributed by atoms with E-state index in [1.807, 2.05) is 0 Å². The van der Waals surface area contributed by atoms with Crippen LogP contribution in [-0.2, 0) is 9.47 Å². The Hall–Kier alpha value is -3.26. The quantitative estimate of drug-likeness (QED) is 0.431. The van der Waals surface area contributed by atoms with Crippen molar-refractivity contribution in [3.05, 3.63) is 65.5 Å². The number of esters is 1. The highest BCUT2D eigenvalue weighted by molar-refractivity contribution is 6.10. The fourth-order valence-corrected chi connectivity index (χ4v) is 2.94. The van der Waals surface area contributed by atoms with Crippen molar-refractivity contribution in [3.63, 3.8) is 0 Å². The molecule has 1 aliphatic heterocycles. The predicted octanol–water partition coefficient (Wildman–Crippen LogP) is 3.38. The van der Waals surface area contributed by atoms with Gasteiger partial charge in [0.05, 0.1) is 24.8 Å². The van der Waals surface area contributed by atoms with E-state index in [0.29, 0.717) is 31.0 Å². The zero-order valence-electron chi connectivity index (χ0n) is 16.7. The van der Waals surface area contributed by atoms with Crippen LogP contribution < -0.4 is 10.6 Å². The number of aliphatic imine (C=N–C) groups is 1. The topological polar surface area (TPSA) is 89.0 Å². The number of hydrogen-bond acceptors (Lipinski definition) is 5. The standard InChI is InChI=1S/C22H24FN3O4/c1-2-29-21(28)15-8-10-18(11-9-15)25-22(24-14-19-7-4-12-30-19)26-20(27)16-5-3-6-17(23)13-16/h3,5-6,8-11,13,19H,2,4,7,12,14H2,1H3,(H2,24,25,26,27). The molecule has 30 heavy (non-hydrogen) atoms. The van der Waals surface area contributed by atoms with Gasteiger partial charge in [0.1, 0.15) is 5.82 Å². The summed E-state index contributed by atoms with van der Waals surface area (Å²) in [4.78, 5) is 28.7. The Morgan fingerprint density at radius 1 is 1.20 bits per heavy atom. The van der Waals surface area contributed by atoms with Gasteiger partial charge in [0.2, 0.25) is 5.96 Å². The van der Waals surface area contributed by atoms with Crippen LogP contribution in [0.1, 0.15) is 40.5 Å². The van der Waals surface area contributed by atoms with Gasteiger partial charge in [-0.25, -0.2) is 14.2 Å². The van der Waals surface area contributed by atoms with Crippen LogP contribution >= 0.6 is 0 Å². The molecule has 1 amide bonds. The van der Waals surface area contributed by atoms with E-state index >= 15 is 0 Å². The van der Waals surface area contributed by atoms with E-state index in [9.17, 15) is 14.0 Å². The van der Waals surface area contributed by atoms with Gasteiger partial charge in [-0.05, 0) is 62.2 Å². The predicted molar refractivity (Wildman–Crippen MR) is 111 cm³/mol. The first kappa shape index (κ1) is 21.4. The number of nitrogens with one attached hydrogen (secondary N) is 2. The summed E-state index contributed by atoms with van der Waals surface area (Å²) in [5, 5.41) is 5.71. The second-order valence-electron chi connectivity index (χ2n) is 6.71. The van der Waals surface area contributed by atoms with Crippen LogP contribution in [0.4, 0.5) is 10.1 Å². The smallest absolute Gasteiger partial charge is 0.338 e. The van der Waals surface area contributed by atoms with Gasteiger partial charge in [-0.2, -0.15) is 0 Å². The van der Waals surface area contributed by atoms with Crippen molar-refractivity contribution in [2.45, 2.75) is 25.9 Å². The number of rotatable bonds is 6. The number of anilines is 1. The van der Waals surface area contributed by atoms with E-state index in [1.165, 1.54) is 18.2 Å². The molecule has 3 rings (SSSR count). The molecule has 0 radical (unpaired) electrons. The number of hydrogen-bond donors (Lipinski definition) is 2. The van der Waals surface area contributed by atoms with E-state index in [-0.39, 0.29) is 17.6 Å². The molecule has 0 aromatic heterocycles. The normalized spacial score (nSPS) is 16.2. The van der Waals surface area contributed by atoms with Crippen molar-refractivity contribution < 1.29 is 23.5 Å². The third kappa shape index (κ3) is 6.12. The van der Waals surface area contributed by atoms with Crippen LogP contribution in [0.3, 0.4) is 0 Å². The van der Waals surface area contributed by atoms with Crippen LogP contribution in [0.25, 0.3) is 0 Å². The number of ether oxygens (including phenoxy) is 2. The molecule has 7 nitrogen and oxygen atoms in total. The van der Waals surface area contributed by atoms with Gasteiger partial charge in [-0.15, -0.1) is 0 Å². The zero-order valence-corrected chi connectivity index (χ0v) is 16.7. The zero-order chi connectivity index (χ0) is 21.3. The summed E-state index contributed by atoms with van der Waals surface area (Å²) in [6.07, 6.45) is 1.88. The number of nitrogens with zero attached hydrogens (tertiary/aromatic N) is 1. The lowest BCUT2D eigenvalue weighted by Gasteiger charge is -2.14. The molecule has 0 aliphatic carbocycles.